The van der Waals surface area contributed by atoms with Gasteiger partial charge in [0.2, 0.25) is 0 Å². The minimum atomic E-state index is -1.43. The molecule has 5 fully saturated rings. The number of likely N-dealkylation sites (tertiary alicyclic amines) is 1. The van der Waals surface area contributed by atoms with Crippen molar-refractivity contribution < 1.29 is 24.1 Å². The Hall–Kier alpha value is -2.61. The van der Waals surface area contributed by atoms with Crippen molar-refractivity contribution in [2.45, 2.75) is 73.4 Å². The summed E-state index contributed by atoms with van der Waals surface area (Å²) in [6.07, 6.45) is 3.96. The van der Waals surface area contributed by atoms with Crippen molar-refractivity contribution in [3.8, 4) is 11.5 Å². The third kappa shape index (κ3) is 2.47. The summed E-state index contributed by atoms with van der Waals surface area (Å²) in [4.78, 5) is 16.3. The third-order valence-corrected chi connectivity index (χ3v) is 10.1. The van der Waals surface area contributed by atoms with Crippen molar-refractivity contribution in [2.75, 3.05) is 25.5 Å². The van der Waals surface area contributed by atoms with E-state index in [-0.39, 0.29) is 11.9 Å². The highest BCUT2D eigenvalue weighted by Crippen LogP contribution is 2.71. The van der Waals surface area contributed by atoms with Gasteiger partial charge in [-0.25, -0.2) is 0 Å². The first kappa shape index (κ1) is 21.5. The number of nitrogens with one attached hydrogen (secondary N) is 1. The van der Waals surface area contributed by atoms with Crippen LogP contribution in [0.3, 0.4) is 0 Å². The van der Waals surface area contributed by atoms with E-state index < -0.39 is 28.8 Å². The maximum atomic E-state index is 13.7. The molecule has 4 bridgehead atoms. The van der Waals surface area contributed by atoms with E-state index in [0.717, 1.165) is 49.6 Å². The smallest absolute Gasteiger partial charge is 0.256 e. The van der Waals surface area contributed by atoms with Crippen LogP contribution in [0.25, 0.3) is 0 Å². The largest absolute Gasteiger partial charge is 0.493 e. The van der Waals surface area contributed by atoms with Crippen LogP contribution in [0.1, 0.15) is 43.2 Å². The van der Waals surface area contributed by atoms with Crippen LogP contribution in [0.15, 0.2) is 42.5 Å². The highest BCUT2D eigenvalue weighted by molar-refractivity contribution is 5.95. The van der Waals surface area contributed by atoms with Gasteiger partial charge in [-0.05, 0) is 74.8 Å². The van der Waals surface area contributed by atoms with Crippen molar-refractivity contribution in [1.82, 2.24) is 4.90 Å². The number of anilines is 1. The predicted octanol–water partition coefficient (Wildman–Crippen LogP) is 3.04. The summed E-state index contributed by atoms with van der Waals surface area (Å²) in [5, 5.41) is 15.3. The molecule has 5 unspecified atom stereocenters. The lowest BCUT2D eigenvalue weighted by Gasteiger charge is -2.72. The lowest BCUT2D eigenvalue weighted by atomic mass is 9.44. The molecular weight excluding hydrogens is 456 g/mol. The van der Waals surface area contributed by atoms with E-state index in [1.807, 2.05) is 36.4 Å². The van der Waals surface area contributed by atoms with Gasteiger partial charge in [0.1, 0.15) is 11.7 Å². The zero-order valence-electron chi connectivity index (χ0n) is 20.5. The molecule has 2 aromatic carbocycles. The van der Waals surface area contributed by atoms with Gasteiger partial charge in [-0.15, -0.1) is 0 Å². The first-order chi connectivity index (χ1) is 17.5. The van der Waals surface area contributed by atoms with Crippen LogP contribution in [0.4, 0.5) is 5.69 Å². The maximum Gasteiger partial charge on any atom is 0.256 e. The molecule has 0 aromatic heterocycles. The number of nitrogens with zero attached hydrogens (tertiary/aromatic N) is 1. The van der Waals surface area contributed by atoms with Gasteiger partial charge in [0.05, 0.1) is 18.1 Å². The van der Waals surface area contributed by atoms with E-state index >= 15 is 0 Å². The summed E-state index contributed by atoms with van der Waals surface area (Å²) in [6, 6.07) is 13.7. The van der Waals surface area contributed by atoms with Gasteiger partial charge < -0.3 is 24.6 Å². The van der Waals surface area contributed by atoms with Crippen LogP contribution < -0.4 is 14.8 Å². The maximum absolute atomic E-state index is 13.7. The number of para-hydroxylation sites is 1. The standard InChI is InChI=1S/C29H32N2O5/c1-34-20-10-9-18-15-21-29-12-11-28(33,24(36-29)25(32)30-19-5-3-2-4-6-19)26-27(29,22(18)23(20)35-26)13-14-31(21)16-17-7-8-17/h2-6,9-10,17,21,24,26,33H,7-8,11-16H2,1H3,(H,30,32)/t21?,24-,26?,27?,28?,29?/m0/s1. The molecule has 6 atom stereocenters. The minimum absolute atomic E-state index is 0.154. The van der Waals surface area contributed by atoms with Crippen molar-refractivity contribution in [1.29, 1.82) is 0 Å². The third-order valence-electron chi connectivity index (χ3n) is 10.1. The fourth-order valence-electron chi connectivity index (χ4n) is 8.48. The molecule has 2 spiro atoms. The second-order valence-electron chi connectivity index (χ2n) is 11.7. The molecule has 3 aliphatic carbocycles. The molecule has 3 saturated heterocycles. The lowest BCUT2D eigenvalue weighted by Crippen LogP contribution is -2.87. The van der Waals surface area contributed by atoms with Crippen LogP contribution in [-0.2, 0) is 21.4 Å². The van der Waals surface area contributed by atoms with Crippen LogP contribution >= 0.6 is 0 Å². The van der Waals surface area contributed by atoms with Gasteiger partial charge in [-0.1, -0.05) is 24.3 Å². The van der Waals surface area contributed by atoms with Gasteiger partial charge in [0.15, 0.2) is 17.6 Å². The van der Waals surface area contributed by atoms with E-state index in [9.17, 15) is 9.90 Å². The molecule has 2 N–H and O–H groups in total. The molecule has 7 heteroatoms. The average molecular weight is 489 g/mol. The zero-order chi connectivity index (χ0) is 24.3. The summed E-state index contributed by atoms with van der Waals surface area (Å²) in [5.41, 5.74) is 0.637. The average Bonchev–Trinajstić information content (AvgIpc) is 3.63. The molecule has 7 nitrogen and oxygen atoms in total. The van der Waals surface area contributed by atoms with E-state index in [0.29, 0.717) is 17.9 Å². The van der Waals surface area contributed by atoms with E-state index in [1.54, 1.807) is 7.11 Å². The quantitative estimate of drug-likeness (QED) is 0.674. The molecule has 4 aliphatic heterocycles. The number of ether oxygens (including phenoxy) is 3. The van der Waals surface area contributed by atoms with E-state index in [4.69, 9.17) is 14.2 Å². The summed E-state index contributed by atoms with van der Waals surface area (Å²) in [7, 11) is 1.66. The van der Waals surface area contributed by atoms with Gasteiger partial charge >= 0.3 is 0 Å². The summed E-state index contributed by atoms with van der Waals surface area (Å²) >= 11 is 0. The summed E-state index contributed by atoms with van der Waals surface area (Å²) < 4.78 is 19.5. The van der Waals surface area contributed by atoms with E-state index in [1.165, 1.54) is 18.4 Å². The normalized spacial score (nSPS) is 39.3. The number of methoxy groups -OCH3 is 1. The first-order valence-corrected chi connectivity index (χ1v) is 13.4. The van der Waals surface area contributed by atoms with E-state index in [2.05, 4.69) is 16.3 Å². The Morgan fingerprint density at radius 1 is 1.17 bits per heavy atom. The number of amides is 1. The molecule has 4 heterocycles. The second kappa shape index (κ2) is 7.03. The van der Waals surface area contributed by atoms with Crippen molar-refractivity contribution in [3.05, 3.63) is 53.6 Å². The number of hydrogen-bond acceptors (Lipinski definition) is 6. The highest BCUT2D eigenvalue weighted by Gasteiger charge is 2.82. The van der Waals surface area contributed by atoms with Gasteiger partial charge in [0.25, 0.3) is 5.91 Å². The van der Waals surface area contributed by atoms with Crippen LogP contribution in [0, 0.1) is 5.92 Å². The number of aliphatic hydroxyl groups is 1. The molecule has 2 aromatic rings. The van der Waals surface area contributed by atoms with Gasteiger partial charge in [0, 0.05) is 23.8 Å². The number of carbonyl (C=O) groups is 1. The fourth-order valence-corrected chi connectivity index (χ4v) is 8.48. The van der Waals surface area contributed by atoms with Gasteiger partial charge in [-0.3, -0.25) is 9.69 Å². The summed E-state index contributed by atoms with van der Waals surface area (Å²) in [5.74, 6) is 1.90. The van der Waals surface area contributed by atoms with Gasteiger partial charge in [-0.2, -0.15) is 0 Å². The molecule has 188 valence electrons. The van der Waals surface area contributed by atoms with Crippen molar-refractivity contribution >= 4 is 11.6 Å². The number of carbonyl (C=O) groups excluding carboxylic acids is 1. The second-order valence-corrected chi connectivity index (χ2v) is 11.7. The number of fused-ring (bicyclic) bond motifs is 2. The molecular formula is C29H32N2O5. The topological polar surface area (TPSA) is 80.3 Å². The van der Waals surface area contributed by atoms with Crippen molar-refractivity contribution in [3.63, 3.8) is 0 Å². The Bertz CT molecular complexity index is 1260. The molecule has 9 rings (SSSR count). The molecule has 2 saturated carbocycles. The van der Waals surface area contributed by atoms with Crippen molar-refractivity contribution in [2.24, 2.45) is 5.92 Å². The predicted molar refractivity (Wildman–Crippen MR) is 132 cm³/mol. The Balaban J connectivity index is 1.28. The SMILES string of the molecule is COc1ccc2c3c1OC1C4(O)CCC5(O[C@H]4C(=O)Nc4ccccc4)C(C2)N(CC2CC2)CCC315. The molecule has 0 radical (unpaired) electrons. The summed E-state index contributed by atoms with van der Waals surface area (Å²) in [6.45, 7) is 2.04. The van der Waals surface area contributed by atoms with Crippen LogP contribution in [0.2, 0.25) is 0 Å². The minimum Gasteiger partial charge on any atom is -0.493 e. The Labute approximate surface area is 210 Å². The number of benzene rings is 2. The fraction of sp³-hybridized carbons (Fsp3) is 0.552. The van der Waals surface area contributed by atoms with Crippen LogP contribution in [0.5, 0.6) is 11.5 Å². The zero-order valence-corrected chi connectivity index (χ0v) is 20.5. The molecule has 36 heavy (non-hydrogen) atoms. The molecule has 1 amide bonds. The molecule has 7 aliphatic rings. The number of rotatable bonds is 5. The number of hydrogen-bond donors (Lipinski definition) is 2. The number of piperidine rings is 1. The Morgan fingerprint density at radius 2 is 2.00 bits per heavy atom. The highest BCUT2D eigenvalue weighted by atomic mass is 16.6. The Kier molecular flexibility index (Phi) is 4.19. The lowest BCUT2D eigenvalue weighted by molar-refractivity contribution is -0.344. The van der Waals surface area contributed by atoms with Crippen LogP contribution in [-0.4, -0.2) is 65.6 Å². The monoisotopic (exact) mass is 488 g/mol. The Morgan fingerprint density at radius 3 is 2.78 bits per heavy atom. The first-order valence-electron chi connectivity index (χ1n) is 13.4.